The summed E-state index contributed by atoms with van der Waals surface area (Å²) < 4.78 is 4.93. The summed E-state index contributed by atoms with van der Waals surface area (Å²) in [6, 6.07) is 0. The molecule has 0 unspecified atom stereocenters. The van der Waals surface area contributed by atoms with E-state index in [0.29, 0.717) is 31.8 Å². The van der Waals surface area contributed by atoms with Crippen LogP contribution in [0.5, 0.6) is 0 Å². The number of carbonyl (C=O) groups excluding carboxylic acids is 1. The lowest BCUT2D eigenvalue weighted by Crippen LogP contribution is -2.56. The fraction of sp³-hybridized carbons (Fsp3) is 0.867. The average Bonchev–Trinajstić information content (AvgIpc) is 2.44. The first-order chi connectivity index (χ1) is 9.54. The van der Waals surface area contributed by atoms with Crippen molar-refractivity contribution in [1.29, 1.82) is 0 Å². The molecule has 0 aliphatic heterocycles. The predicted octanol–water partition coefficient (Wildman–Crippen LogP) is 2.34. The SMILES string of the molecule is CCC1CCC(NC(=O)CCCCOC)(C(=O)O)CC1. The van der Waals surface area contributed by atoms with E-state index in [1.54, 1.807) is 7.11 Å². The Labute approximate surface area is 121 Å². The number of unbranched alkanes of at least 4 members (excludes halogenated alkanes) is 1. The van der Waals surface area contributed by atoms with E-state index in [1.165, 1.54) is 0 Å². The molecule has 1 saturated carbocycles. The molecule has 0 heterocycles. The van der Waals surface area contributed by atoms with E-state index in [0.717, 1.165) is 32.1 Å². The van der Waals surface area contributed by atoms with Crippen LogP contribution in [0.25, 0.3) is 0 Å². The molecule has 0 saturated heterocycles. The van der Waals surface area contributed by atoms with Gasteiger partial charge in [0.1, 0.15) is 5.54 Å². The summed E-state index contributed by atoms with van der Waals surface area (Å²) in [6.45, 7) is 2.77. The Kier molecular flexibility index (Phi) is 6.99. The number of hydrogen-bond acceptors (Lipinski definition) is 3. The monoisotopic (exact) mass is 285 g/mol. The third kappa shape index (κ3) is 4.78. The van der Waals surface area contributed by atoms with Gasteiger partial charge in [-0.25, -0.2) is 4.79 Å². The van der Waals surface area contributed by atoms with Gasteiger partial charge in [0.2, 0.25) is 5.91 Å². The molecule has 0 radical (unpaired) electrons. The van der Waals surface area contributed by atoms with Crippen LogP contribution >= 0.6 is 0 Å². The number of nitrogens with one attached hydrogen (secondary N) is 1. The lowest BCUT2D eigenvalue weighted by Gasteiger charge is -2.37. The van der Waals surface area contributed by atoms with E-state index >= 15 is 0 Å². The molecule has 116 valence electrons. The molecule has 1 amide bonds. The minimum absolute atomic E-state index is 0.154. The van der Waals surface area contributed by atoms with Gasteiger partial charge >= 0.3 is 5.97 Å². The highest BCUT2D eigenvalue weighted by atomic mass is 16.5. The molecule has 1 aliphatic rings. The fourth-order valence-electron chi connectivity index (χ4n) is 2.83. The summed E-state index contributed by atoms with van der Waals surface area (Å²) in [7, 11) is 1.63. The van der Waals surface area contributed by atoms with Gasteiger partial charge < -0.3 is 15.2 Å². The van der Waals surface area contributed by atoms with E-state index in [4.69, 9.17) is 4.74 Å². The lowest BCUT2D eigenvalue weighted by molar-refractivity contribution is -0.149. The molecule has 0 spiro atoms. The molecule has 0 aromatic rings. The Balaban J connectivity index is 2.47. The second-order valence-electron chi connectivity index (χ2n) is 5.74. The van der Waals surface area contributed by atoms with E-state index < -0.39 is 11.5 Å². The van der Waals surface area contributed by atoms with Crippen molar-refractivity contribution in [2.75, 3.05) is 13.7 Å². The zero-order valence-corrected chi connectivity index (χ0v) is 12.6. The number of amides is 1. The van der Waals surface area contributed by atoms with E-state index in [2.05, 4.69) is 12.2 Å². The maximum absolute atomic E-state index is 11.9. The summed E-state index contributed by atoms with van der Waals surface area (Å²) in [5.74, 6) is -0.447. The first-order valence-electron chi connectivity index (χ1n) is 7.57. The Bertz CT molecular complexity index is 322. The molecule has 1 rings (SSSR count). The molecule has 5 heteroatoms. The van der Waals surface area contributed by atoms with Crippen LogP contribution in [0.3, 0.4) is 0 Å². The van der Waals surface area contributed by atoms with Crippen LogP contribution in [0.1, 0.15) is 58.3 Å². The van der Waals surface area contributed by atoms with Gasteiger partial charge in [0.25, 0.3) is 0 Å². The lowest BCUT2D eigenvalue weighted by atomic mass is 9.75. The number of carboxylic acid groups (broad SMARTS) is 1. The minimum atomic E-state index is -1.04. The van der Waals surface area contributed by atoms with Crippen LogP contribution < -0.4 is 5.32 Å². The number of carboxylic acids is 1. The number of hydrogen-bond donors (Lipinski definition) is 2. The van der Waals surface area contributed by atoms with Crippen molar-refractivity contribution in [3.8, 4) is 0 Å². The minimum Gasteiger partial charge on any atom is -0.480 e. The standard InChI is InChI=1S/C15H27NO4/c1-3-12-7-9-15(10-8-12,14(18)19)16-13(17)6-4-5-11-20-2/h12H,3-11H2,1-2H3,(H,16,17)(H,18,19). The van der Waals surface area contributed by atoms with Crippen LogP contribution in [-0.4, -0.2) is 36.2 Å². The third-order valence-corrected chi connectivity index (χ3v) is 4.33. The van der Waals surface area contributed by atoms with Crippen LogP contribution in [0, 0.1) is 5.92 Å². The first-order valence-corrected chi connectivity index (χ1v) is 7.57. The Morgan fingerprint density at radius 2 is 1.95 bits per heavy atom. The Morgan fingerprint density at radius 1 is 1.30 bits per heavy atom. The van der Waals surface area contributed by atoms with Crippen LogP contribution in [0.4, 0.5) is 0 Å². The summed E-state index contributed by atoms with van der Waals surface area (Å²) in [4.78, 5) is 23.5. The number of carbonyl (C=O) groups is 2. The van der Waals surface area contributed by atoms with Crippen molar-refractivity contribution in [3.05, 3.63) is 0 Å². The zero-order valence-electron chi connectivity index (χ0n) is 12.6. The maximum atomic E-state index is 11.9. The summed E-state index contributed by atoms with van der Waals surface area (Å²) in [6.07, 6.45) is 5.86. The van der Waals surface area contributed by atoms with Gasteiger partial charge in [0.05, 0.1) is 0 Å². The second kappa shape index (κ2) is 8.25. The van der Waals surface area contributed by atoms with Gasteiger partial charge in [-0.2, -0.15) is 0 Å². The second-order valence-corrected chi connectivity index (χ2v) is 5.74. The fourth-order valence-corrected chi connectivity index (χ4v) is 2.83. The number of ether oxygens (including phenoxy) is 1. The molecule has 5 nitrogen and oxygen atoms in total. The normalized spacial score (nSPS) is 26.2. The molecule has 1 fully saturated rings. The zero-order chi connectivity index (χ0) is 15.0. The topological polar surface area (TPSA) is 75.6 Å². The molecule has 0 aromatic heterocycles. The number of aliphatic carboxylic acids is 1. The molecular weight excluding hydrogens is 258 g/mol. The van der Waals surface area contributed by atoms with Crippen LogP contribution in [0.15, 0.2) is 0 Å². The summed E-state index contributed by atoms with van der Waals surface area (Å²) >= 11 is 0. The largest absolute Gasteiger partial charge is 0.480 e. The number of methoxy groups -OCH3 is 1. The highest BCUT2D eigenvalue weighted by Crippen LogP contribution is 2.34. The van der Waals surface area contributed by atoms with Crippen molar-refractivity contribution in [2.45, 2.75) is 63.8 Å². The quantitative estimate of drug-likeness (QED) is 0.671. The third-order valence-electron chi connectivity index (χ3n) is 4.33. The van der Waals surface area contributed by atoms with Crippen LogP contribution in [-0.2, 0) is 14.3 Å². The average molecular weight is 285 g/mol. The molecule has 0 bridgehead atoms. The summed E-state index contributed by atoms with van der Waals surface area (Å²) in [5, 5.41) is 12.2. The predicted molar refractivity (Wildman–Crippen MR) is 76.5 cm³/mol. The van der Waals surface area contributed by atoms with Gasteiger partial charge in [-0.05, 0) is 44.4 Å². The van der Waals surface area contributed by atoms with E-state index in [-0.39, 0.29) is 5.91 Å². The van der Waals surface area contributed by atoms with Crippen molar-refractivity contribution < 1.29 is 19.4 Å². The van der Waals surface area contributed by atoms with Gasteiger partial charge in [-0.1, -0.05) is 13.3 Å². The van der Waals surface area contributed by atoms with Gasteiger partial charge in [0.15, 0.2) is 0 Å². The maximum Gasteiger partial charge on any atom is 0.329 e. The van der Waals surface area contributed by atoms with Crippen molar-refractivity contribution in [3.63, 3.8) is 0 Å². The molecule has 1 aliphatic carbocycles. The first kappa shape index (κ1) is 17.0. The van der Waals surface area contributed by atoms with Gasteiger partial charge in [-0.3, -0.25) is 4.79 Å². The van der Waals surface area contributed by atoms with Crippen molar-refractivity contribution in [2.24, 2.45) is 5.92 Å². The highest BCUT2D eigenvalue weighted by molar-refractivity contribution is 5.87. The molecule has 2 N–H and O–H groups in total. The van der Waals surface area contributed by atoms with Gasteiger partial charge in [-0.15, -0.1) is 0 Å². The Hall–Kier alpha value is -1.10. The van der Waals surface area contributed by atoms with E-state index in [9.17, 15) is 14.7 Å². The highest BCUT2D eigenvalue weighted by Gasteiger charge is 2.42. The van der Waals surface area contributed by atoms with Crippen molar-refractivity contribution in [1.82, 2.24) is 5.32 Å². The smallest absolute Gasteiger partial charge is 0.329 e. The molecule has 20 heavy (non-hydrogen) atoms. The van der Waals surface area contributed by atoms with Crippen LogP contribution in [0.2, 0.25) is 0 Å². The summed E-state index contributed by atoms with van der Waals surface area (Å²) in [5.41, 5.74) is -1.04. The van der Waals surface area contributed by atoms with Gasteiger partial charge in [0, 0.05) is 20.1 Å². The molecule has 0 aromatic carbocycles. The molecular formula is C15H27NO4. The van der Waals surface area contributed by atoms with E-state index in [1.807, 2.05) is 0 Å². The van der Waals surface area contributed by atoms with Crippen molar-refractivity contribution >= 4 is 11.9 Å². The number of rotatable bonds is 8. The molecule has 0 atom stereocenters. The Morgan fingerprint density at radius 3 is 2.45 bits per heavy atom.